The van der Waals surface area contributed by atoms with Crippen molar-refractivity contribution in [2.45, 2.75) is 77.3 Å². The highest BCUT2D eigenvalue weighted by Gasteiger charge is 2.28. The summed E-state index contributed by atoms with van der Waals surface area (Å²) in [6, 6.07) is 3.52. The molecule has 4 unspecified atom stereocenters. The maximum absolute atomic E-state index is 4.47. The van der Waals surface area contributed by atoms with Crippen molar-refractivity contribution in [3.05, 3.63) is 18.6 Å². The van der Waals surface area contributed by atoms with E-state index in [0.717, 1.165) is 34.7 Å². The molecule has 0 radical (unpaired) electrons. The summed E-state index contributed by atoms with van der Waals surface area (Å²) in [6.07, 6.45) is 14.4. The van der Waals surface area contributed by atoms with Crippen LogP contribution in [-0.2, 0) is 0 Å². The lowest BCUT2D eigenvalue weighted by Crippen LogP contribution is -2.30. The number of aromatic amines is 1. The second-order valence-electron chi connectivity index (χ2n) is 8.36. The van der Waals surface area contributed by atoms with Gasteiger partial charge in [0.1, 0.15) is 17.8 Å². The van der Waals surface area contributed by atoms with Gasteiger partial charge >= 0.3 is 0 Å². The number of fused-ring (bicyclic) bond motifs is 1. The molecule has 0 aliphatic heterocycles. The average Bonchev–Trinajstić information content (AvgIpc) is 3.47. The van der Waals surface area contributed by atoms with Gasteiger partial charge in [0.2, 0.25) is 0 Å². The molecule has 5 heteroatoms. The molecular weight excluding hydrogens is 334 g/mol. The number of nitrogens with zero attached hydrogens (tertiary/aromatic N) is 3. The van der Waals surface area contributed by atoms with Crippen LogP contribution in [0.3, 0.4) is 0 Å². The largest absolute Gasteiger partial charge is 0.356 e. The van der Waals surface area contributed by atoms with Gasteiger partial charge in [-0.05, 0) is 63.5 Å². The Morgan fingerprint density at radius 2 is 1.81 bits per heavy atom. The van der Waals surface area contributed by atoms with Crippen LogP contribution in [0, 0.1) is 11.8 Å². The molecular formula is C22H37N5. The Bertz CT molecular complexity index is 687. The Morgan fingerprint density at radius 3 is 2.44 bits per heavy atom. The van der Waals surface area contributed by atoms with Crippen molar-refractivity contribution in [3.8, 4) is 0 Å². The van der Waals surface area contributed by atoms with E-state index >= 15 is 0 Å². The summed E-state index contributed by atoms with van der Waals surface area (Å²) in [7, 11) is 4.24. The monoisotopic (exact) mass is 371 g/mol. The first-order chi connectivity index (χ1) is 13.2. The predicted molar refractivity (Wildman–Crippen MR) is 114 cm³/mol. The zero-order chi connectivity index (χ0) is 19.2. The zero-order valence-electron chi connectivity index (χ0n) is 17.5. The second-order valence-corrected chi connectivity index (χ2v) is 8.36. The van der Waals surface area contributed by atoms with Gasteiger partial charge in [-0.3, -0.25) is 0 Å². The highest BCUT2D eigenvalue weighted by atomic mass is 15.2. The van der Waals surface area contributed by atoms with Crippen LogP contribution in [0.2, 0.25) is 0 Å². The quantitative estimate of drug-likeness (QED) is 0.796. The SMILES string of the molecule is CCC1CCC(N(C)c2ncnc3[nH]ccc23)C1.CCC1CCC(NC)C1. The van der Waals surface area contributed by atoms with Gasteiger partial charge in [-0.15, -0.1) is 0 Å². The number of aromatic nitrogens is 3. The standard InChI is InChI=1S/C14H20N4.C8H17N/c1-3-10-4-5-11(8-10)18(2)14-12-6-7-15-13(12)16-9-17-14;1-3-7-4-5-8(6-7)9-2/h6-7,9-11H,3-5,8H2,1-2H3,(H,15,16,17);7-9H,3-6H2,1-2H3. The minimum absolute atomic E-state index is 0.628. The van der Waals surface area contributed by atoms with E-state index in [-0.39, 0.29) is 0 Å². The van der Waals surface area contributed by atoms with Crippen molar-refractivity contribution in [2.75, 3.05) is 19.0 Å². The number of rotatable bonds is 5. The van der Waals surface area contributed by atoms with E-state index < -0.39 is 0 Å². The summed E-state index contributed by atoms with van der Waals surface area (Å²) in [5.74, 6) is 2.96. The normalized spacial score (nSPS) is 27.6. The van der Waals surface area contributed by atoms with E-state index in [2.05, 4.69) is 59.2 Å². The molecule has 27 heavy (non-hydrogen) atoms. The van der Waals surface area contributed by atoms with Crippen LogP contribution in [0.5, 0.6) is 0 Å². The molecule has 2 saturated carbocycles. The summed E-state index contributed by atoms with van der Waals surface area (Å²) in [5, 5.41) is 4.45. The van der Waals surface area contributed by atoms with Crippen molar-refractivity contribution >= 4 is 16.9 Å². The molecule has 2 aromatic heterocycles. The molecule has 0 aromatic carbocycles. The molecule has 0 saturated heterocycles. The van der Waals surface area contributed by atoms with Crippen molar-refractivity contribution in [2.24, 2.45) is 11.8 Å². The number of H-pyrrole nitrogens is 1. The first-order valence-corrected chi connectivity index (χ1v) is 10.8. The highest BCUT2D eigenvalue weighted by molar-refractivity contribution is 5.87. The van der Waals surface area contributed by atoms with Crippen LogP contribution in [-0.4, -0.2) is 41.1 Å². The number of hydrogen-bond donors (Lipinski definition) is 2. The van der Waals surface area contributed by atoms with E-state index in [9.17, 15) is 0 Å². The predicted octanol–water partition coefficient (Wildman–Crippen LogP) is 4.76. The first-order valence-electron chi connectivity index (χ1n) is 10.8. The van der Waals surface area contributed by atoms with Crippen molar-refractivity contribution < 1.29 is 0 Å². The molecule has 2 aliphatic carbocycles. The van der Waals surface area contributed by atoms with Crippen LogP contribution in [0.1, 0.15) is 65.2 Å². The van der Waals surface area contributed by atoms with Gasteiger partial charge in [-0.2, -0.15) is 0 Å². The van der Waals surface area contributed by atoms with E-state index in [1.165, 1.54) is 51.4 Å². The maximum Gasteiger partial charge on any atom is 0.142 e. The van der Waals surface area contributed by atoms with E-state index in [1.807, 2.05) is 6.20 Å². The van der Waals surface area contributed by atoms with Crippen molar-refractivity contribution in [1.82, 2.24) is 20.3 Å². The van der Waals surface area contributed by atoms with Gasteiger partial charge in [0, 0.05) is 25.3 Å². The van der Waals surface area contributed by atoms with Gasteiger partial charge in [-0.1, -0.05) is 26.7 Å². The molecule has 2 N–H and O–H groups in total. The fourth-order valence-corrected chi connectivity index (χ4v) is 4.79. The smallest absolute Gasteiger partial charge is 0.142 e. The number of anilines is 1. The lowest BCUT2D eigenvalue weighted by atomic mass is 10.1. The first kappa shape index (κ1) is 20.1. The summed E-state index contributed by atoms with van der Waals surface area (Å²) >= 11 is 0. The molecule has 2 fully saturated rings. The van der Waals surface area contributed by atoms with Crippen LogP contribution < -0.4 is 10.2 Å². The molecule has 4 rings (SSSR count). The number of nitrogens with one attached hydrogen (secondary N) is 2. The zero-order valence-corrected chi connectivity index (χ0v) is 17.5. The fourth-order valence-electron chi connectivity index (χ4n) is 4.79. The third-order valence-corrected chi connectivity index (χ3v) is 6.83. The Hall–Kier alpha value is -1.62. The Morgan fingerprint density at radius 1 is 1.07 bits per heavy atom. The van der Waals surface area contributed by atoms with Crippen molar-refractivity contribution in [1.29, 1.82) is 0 Å². The molecule has 0 bridgehead atoms. The van der Waals surface area contributed by atoms with Gasteiger partial charge in [0.05, 0.1) is 5.39 Å². The van der Waals surface area contributed by atoms with E-state index in [4.69, 9.17) is 0 Å². The van der Waals surface area contributed by atoms with Crippen LogP contribution in [0.4, 0.5) is 5.82 Å². The molecule has 150 valence electrons. The second kappa shape index (κ2) is 9.54. The van der Waals surface area contributed by atoms with Crippen LogP contribution in [0.15, 0.2) is 18.6 Å². The Balaban J connectivity index is 0.000000197. The minimum Gasteiger partial charge on any atom is -0.356 e. The molecule has 4 atom stereocenters. The Kier molecular flexibility index (Phi) is 7.11. The minimum atomic E-state index is 0.628. The van der Waals surface area contributed by atoms with Gasteiger partial charge in [-0.25, -0.2) is 9.97 Å². The van der Waals surface area contributed by atoms with Gasteiger partial charge in [0.25, 0.3) is 0 Å². The summed E-state index contributed by atoms with van der Waals surface area (Å²) < 4.78 is 0. The lowest BCUT2D eigenvalue weighted by molar-refractivity contribution is 0.499. The third-order valence-electron chi connectivity index (χ3n) is 6.83. The summed E-state index contributed by atoms with van der Waals surface area (Å²) in [6.45, 7) is 4.59. The van der Waals surface area contributed by atoms with Gasteiger partial charge < -0.3 is 15.2 Å². The van der Waals surface area contributed by atoms with E-state index in [1.54, 1.807) is 6.33 Å². The van der Waals surface area contributed by atoms with Crippen LogP contribution in [0.25, 0.3) is 11.0 Å². The third kappa shape index (κ3) is 4.81. The molecule has 5 nitrogen and oxygen atoms in total. The topological polar surface area (TPSA) is 56.8 Å². The average molecular weight is 372 g/mol. The van der Waals surface area contributed by atoms with Crippen molar-refractivity contribution in [3.63, 3.8) is 0 Å². The van der Waals surface area contributed by atoms with E-state index in [0.29, 0.717) is 6.04 Å². The molecule has 2 aromatic rings. The molecule has 0 amide bonds. The molecule has 0 spiro atoms. The lowest BCUT2D eigenvalue weighted by Gasteiger charge is -2.26. The molecule has 2 heterocycles. The number of hydrogen-bond acceptors (Lipinski definition) is 4. The Labute approximate surface area is 164 Å². The fraction of sp³-hybridized carbons (Fsp3) is 0.727. The maximum atomic E-state index is 4.47. The summed E-state index contributed by atoms with van der Waals surface area (Å²) in [5.41, 5.74) is 0.928. The van der Waals surface area contributed by atoms with Gasteiger partial charge in [0.15, 0.2) is 0 Å². The van der Waals surface area contributed by atoms with Crippen LogP contribution >= 0.6 is 0 Å². The molecule has 2 aliphatic rings. The highest BCUT2D eigenvalue weighted by Crippen LogP contribution is 2.34. The summed E-state index contributed by atoms with van der Waals surface area (Å²) in [4.78, 5) is 14.2.